The molecule has 0 saturated heterocycles. The molecule has 0 fully saturated rings. The van der Waals surface area contributed by atoms with E-state index in [0.29, 0.717) is 16.8 Å². The number of nitrogens with zero attached hydrogens (tertiary/aromatic N) is 4. The van der Waals surface area contributed by atoms with Crippen LogP contribution in [-0.4, -0.2) is 40.5 Å². The van der Waals surface area contributed by atoms with Crippen LogP contribution in [0.4, 0.5) is 4.39 Å². The molecule has 0 spiro atoms. The molecule has 0 radical (unpaired) electrons. The number of carbonyl (C=O) groups excluding carboxylic acids is 1. The van der Waals surface area contributed by atoms with Crippen molar-refractivity contribution in [2.45, 2.75) is 4.90 Å². The summed E-state index contributed by atoms with van der Waals surface area (Å²) in [6.45, 7) is 0. The minimum absolute atomic E-state index is 0.108. The summed E-state index contributed by atoms with van der Waals surface area (Å²) in [5, 5.41) is 7.99. The Balaban J connectivity index is 1.76. The summed E-state index contributed by atoms with van der Waals surface area (Å²) in [6.07, 6.45) is 5.79. The average molecular weight is 426 g/mol. The average Bonchev–Trinajstić information content (AvgIpc) is 3.45. The molecular formula is C20H15FN4O4S. The number of carbonyl (C=O) groups is 1. The highest BCUT2D eigenvalue weighted by molar-refractivity contribution is 7.90. The molecule has 10 heteroatoms. The van der Waals surface area contributed by atoms with E-state index in [1.54, 1.807) is 24.5 Å². The largest absolute Gasteiger partial charge is 0.465 e. The van der Waals surface area contributed by atoms with Gasteiger partial charge in [-0.15, -0.1) is 0 Å². The van der Waals surface area contributed by atoms with Crippen molar-refractivity contribution in [1.82, 2.24) is 19.0 Å². The lowest BCUT2D eigenvalue weighted by Crippen LogP contribution is -2.17. The zero-order valence-electron chi connectivity index (χ0n) is 15.6. The second-order valence-corrected chi connectivity index (χ2v) is 8.01. The number of halogens is 1. The quantitative estimate of drug-likeness (QED) is 0.456. The molecule has 0 amide bonds. The molecule has 0 bridgehead atoms. The van der Waals surface area contributed by atoms with Gasteiger partial charge in [0.05, 0.1) is 30.8 Å². The van der Waals surface area contributed by atoms with E-state index in [1.165, 1.54) is 60.6 Å². The number of rotatable bonds is 5. The molecule has 0 N–H and O–H groups in total. The van der Waals surface area contributed by atoms with Crippen LogP contribution in [0.3, 0.4) is 0 Å². The first-order valence-electron chi connectivity index (χ1n) is 8.69. The fraction of sp³-hybridized carbons (Fsp3) is 0.0500. The molecule has 0 unspecified atom stereocenters. The summed E-state index contributed by atoms with van der Waals surface area (Å²) >= 11 is 0. The number of aromatic nitrogens is 4. The van der Waals surface area contributed by atoms with E-state index in [4.69, 9.17) is 0 Å². The van der Waals surface area contributed by atoms with E-state index in [1.807, 2.05) is 0 Å². The second kappa shape index (κ2) is 7.56. The highest BCUT2D eigenvalue weighted by Crippen LogP contribution is 2.26. The summed E-state index contributed by atoms with van der Waals surface area (Å²) in [4.78, 5) is 11.7. The Morgan fingerprint density at radius 1 is 1.07 bits per heavy atom. The summed E-state index contributed by atoms with van der Waals surface area (Å²) in [5.41, 5.74) is 1.16. The first kappa shape index (κ1) is 19.5. The van der Waals surface area contributed by atoms with Crippen LogP contribution in [0.2, 0.25) is 0 Å². The van der Waals surface area contributed by atoms with Gasteiger partial charge in [-0.2, -0.15) is 22.7 Å². The first-order chi connectivity index (χ1) is 14.4. The molecule has 8 nitrogen and oxygen atoms in total. The van der Waals surface area contributed by atoms with Crippen molar-refractivity contribution in [2.24, 2.45) is 0 Å². The zero-order chi connectivity index (χ0) is 21.3. The molecule has 4 rings (SSSR count). The fourth-order valence-electron chi connectivity index (χ4n) is 2.95. The van der Waals surface area contributed by atoms with E-state index in [2.05, 4.69) is 14.9 Å². The molecule has 0 atom stereocenters. The number of hydrogen-bond acceptors (Lipinski definition) is 6. The van der Waals surface area contributed by atoms with Gasteiger partial charge in [0.15, 0.2) is 0 Å². The predicted molar refractivity (Wildman–Crippen MR) is 105 cm³/mol. The van der Waals surface area contributed by atoms with Crippen molar-refractivity contribution >= 4 is 16.0 Å². The topological polar surface area (TPSA) is 96.1 Å². The van der Waals surface area contributed by atoms with Crippen molar-refractivity contribution in [2.75, 3.05) is 7.11 Å². The molecule has 30 heavy (non-hydrogen) atoms. The first-order valence-corrected chi connectivity index (χ1v) is 10.1. The predicted octanol–water partition coefficient (Wildman–Crippen LogP) is 2.90. The smallest absolute Gasteiger partial charge is 0.339 e. The third-order valence-electron chi connectivity index (χ3n) is 4.36. The molecule has 0 aliphatic carbocycles. The Labute approximate surface area is 171 Å². The van der Waals surface area contributed by atoms with Crippen molar-refractivity contribution in [3.63, 3.8) is 0 Å². The highest BCUT2D eigenvalue weighted by atomic mass is 32.2. The minimum Gasteiger partial charge on any atom is -0.465 e. The molecule has 2 heterocycles. The maximum absolute atomic E-state index is 14.2. The Hall–Kier alpha value is -3.79. The van der Waals surface area contributed by atoms with Gasteiger partial charge in [-0.3, -0.25) is 0 Å². The summed E-state index contributed by atoms with van der Waals surface area (Å²) in [6, 6.07) is 11.6. The minimum atomic E-state index is -4.18. The van der Waals surface area contributed by atoms with Gasteiger partial charge in [-0.1, -0.05) is 12.1 Å². The standard InChI is InChI=1S/C20H15FN4O4S/c1-29-20(26)18-5-2-3-6-19(18)30(27,28)25-13-15(12-23-25)14-9-16(21)11-17(10-14)24-8-4-7-22-24/h2-13H,1H3. The van der Waals surface area contributed by atoms with Crippen LogP contribution in [0.15, 0.2) is 78.2 Å². The van der Waals surface area contributed by atoms with E-state index < -0.39 is 21.8 Å². The van der Waals surface area contributed by atoms with E-state index in [0.717, 1.165) is 4.09 Å². The molecule has 0 aliphatic rings. The third-order valence-corrected chi connectivity index (χ3v) is 5.97. The SMILES string of the molecule is COC(=O)c1ccccc1S(=O)(=O)n1cc(-c2cc(F)cc(-n3cccn3)c2)cn1. The lowest BCUT2D eigenvalue weighted by molar-refractivity contribution is 0.0596. The van der Waals surface area contributed by atoms with Gasteiger partial charge in [0.1, 0.15) is 10.7 Å². The molecule has 2 aromatic heterocycles. The van der Waals surface area contributed by atoms with Gasteiger partial charge in [0.25, 0.3) is 10.0 Å². The van der Waals surface area contributed by atoms with Crippen LogP contribution in [0, 0.1) is 5.82 Å². The van der Waals surface area contributed by atoms with Crippen LogP contribution >= 0.6 is 0 Å². The molecule has 152 valence electrons. The van der Waals surface area contributed by atoms with Gasteiger partial charge in [-0.05, 0) is 42.0 Å². The number of methoxy groups -OCH3 is 1. The lowest BCUT2D eigenvalue weighted by atomic mass is 10.1. The number of ether oxygens (including phenoxy) is 1. The molecule has 0 saturated carbocycles. The zero-order valence-corrected chi connectivity index (χ0v) is 16.5. The van der Waals surface area contributed by atoms with Crippen LogP contribution in [0.5, 0.6) is 0 Å². The van der Waals surface area contributed by atoms with Crippen LogP contribution in [-0.2, 0) is 14.8 Å². The van der Waals surface area contributed by atoms with Gasteiger partial charge in [0.2, 0.25) is 0 Å². The summed E-state index contributed by atoms with van der Waals surface area (Å²) < 4.78 is 47.1. The molecular weight excluding hydrogens is 411 g/mol. The monoisotopic (exact) mass is 426 g/mol. The molecule has 0 aliphatic heterocycles. The highest BCUT2D eigenvalue weighted by Gasteiger charge is 2.25. The van der Waals surface area contributed by atoms with E-state index in [-0.39, 0.29) is 10.5 Å². The molecule has 2 aromatic carbocycles. The Bertz CT molecular complexity index is 1330. The fourth-order valence-corrected chi connectivity index (χ4v) is 4.26. The molecule has 4 aromatic rings. The number of hydrogen-bond donors (Lipinski definition) is 0. The van der Waals surface area contributed by atoms with Crippen molar-refractivity contribution in [3.05, 3.63) is 84.7 Å². The van der Waals surface area contributed by atoms with Gasteiger partial charge >= 0.3 is 5.97 Å². The third kappa shape index (κ3) is 3.48. The lowest BCUT2D eigenvalue weighted by Gasteiger charge is -2.09. The van der Waals surface area contributed by atoms with Crippen molar-refractivity contribution in [3.8, 4) is 16.8 Å². The Morgan fingerprint density at radius 3 is 2.60 bits per heavy atom. The van der Waals surface area contributed by atoms with Crippen LogP contribution < -0.4 is 0 Å². The Kier molecular flexibility index (Phi) is 4.92. The van der Waals surface area contributed by atoms with Gasteiger partial charge in [0, 0.05) is 18.0 Å². The second-order valence-electron chi connectivity index (χ2n) is 6.24. The maximum atomic E-state index is 14.2. The van der Waals surface area contributed by atoms with E-state index in [9.17, 15) is 17.6 Å². The number of esters is 1. The maximum Gasteiger partial charge on any atom is 0.339 e. The van der Waals surface area contributed by atoms with Crippen molar-refractivity contribution in [1.29, 1.82) is 0 Å². The summed E-state index contributed by atoms with van der Waals surface area (Å²) in [7, 11) is -3.02. The van der Waals surface area contributed by atoms with E-state index >= 15 is 0 Å². The summed E-state index contributed by atoms with van der Waals surface area (Å²) in [5.74, 6) is -1.29. The Morgan fingerprint density at radius 2 is 1.87 bits per heavy atom. The number of benzene rings is 2. The van der Waals surface area contributed by atoms with Gasteiger partial charge < -0.3 is 4.74 Å². The van der Waals surface area contributed by atoms with Crippen LogP contribution in [0.25, 0.3) is 16.8 Å². The van der Waals surface area contributed by atoms with Crippen LogP contribution in [0.1, 0.15) is 10.4 Å². The van der Waals surface area contributed by atoms with Gasteiger partial charge in [-0.25, -0.2) is 13.9 Å². The normalized spacial score (nSPS) is 11.4. The van der Waals surface area contributed by atoms with Crippen molar-refractivity contribution < 1.29 is 22.3 Å².